The number of nitrogens with one attached hydrogen (secondary N) is 1. The quantitative estimate of drug-likeness (QED) is 0.716. The Labute approximate surface area is 114 Å². The van der Waals surface area contributed by atoms with Crippen molar-refractivity contribution >= 4 is 11.6 Å². The van der Waals surface area contributed by atoms with Crippen LogP contribution in [-0.2, 0) is 11.3 Å². The van der Waals surface area contributed by atoms with Gasteiger partial charge in [0, 0.05) is 13.6 Å². The van der Waals surface area contributed by atoms with Crippen molar-refractivity contribution < 1.29 is 4.79 Å². The molecule has 0 unspecified atom stereocenters. The fourth-order valence-electron chi connectivity index (χ4n) is 1.84. The Balaban J connectivity index is 2.84. The first-order valence-corrected chi connectivity index (χ1v) is 6.31. The van der Waals surface area contributed by atoms with Crippen LogP contribution in [0.4, 0.5) is 5.69 Å². The molecule has 1 aromatic carbocycles. The number of hydrogen-bond acceptors (Lipinski definition) is 4. The van der Waals surface area contributed by atoms with Gasteiger partial charge in [-0.3, -0.25) is 4.79 Å². The molecule has 1 rings (SSSR count). The van der Waals surface area contributed by atoms with E-state index in [9.17, 15) is 10.1 Å². The molecule has 0 saturated carbocycles. The summed E-state index contributed by atoms with van der Waals surface area (Å²) in [6.45, 7) is 3.89. The van der Waals surface area contributed by atoms with Gasteiger partial charge in [0.05, 0.1) is 17.8 Å². The smallest absolute Gasteiger partial charge is 0.236 e. The summed E-state index contributed by atoms with van der Waals surface area (Å²) in [5, 5.41) is 12.5. The standard InChI is InChI=1S/C14H20N4O/c1-3-6-17-9-11-4-5-13(12(7-11)8-15)18(2)10-14(16)19/h4-5,7,17H,3,6,9-10H2,1-2H3,(H2,16,19). The number of hydrogen-bond donors (Lipinski definition) is 2. The van der Waals surface area contributed by atoms with Crippen molar-refractivity contribution in [2.75, 3.05) is 25.0 Å². The summed E-state index contributed by atoms with van der Waals surface area (Å²) < 4.78 is 0. The van der Waals surface area contributed by atoms with E-state index in [-0.39, 0.29) is 6.54 Å². The second kappa shape index (κ2) is 7.39. The Bertz CT molecular complexity index is 479. The summed E-state index contributed by atoms with van der Waals surface area (Å²) in [4.78, 5) is 12.6. The summed E-state index contributed by atoms with van der Waals surface area (Å²) in [6.07, 6.45) is 1.07. The van der Waals surface area contributed by atoms with Crippen molar-refractivity contribution in [2.45, 2.75) is 19.9 Å². The summed E-state index contributed by atoms with van der Waals surface area (Å²) in [7, 11) is 1.75. The van der Waals surface area contributed by atoms with E-state index in [1.54, 1.807) is 11.9 Å². The summed E-state index contributed by atoms with van der Waals surface area (Å²) in [5.41, 5.74) is 7.49. The lowest BCUT2D eigenvalue weighted by Gasteiger charge is -2.19. The molecule has 0 bridgehead atoms. The molecule has 0 aliphatic carbocycles. The molecule has 0 fully saturated rings. The van der Waals surface area contributed by atoms with Crippen molar-refractivity contribution in [3.05, 3.63) is 29.3 Å². The van der Waals surface area contributed by atoms with E-state index in [0.717, 1.165) is 30.8 Å². The highest BCUT2D eigenvalue weighted by atomic mass is 16.1. The highest BCUT2D eigenvalue weighted by Crippen LogP contribution is 2.20. The van der Waals surface area contributed by atoms with Crippen LogP contribution >= 0.6 is 0 Å². The number of likely N-dealkylation sites (N-methyl/N-ethyl adjacent to an activating group) is 1. The summed E-state index contributed by atoms with van der Waals surface area (Å²) in [6, 6.07) is 7.81. The van der Waals surface area contributed by atoms with E-state index in [0.29, 0.717) is 5.56 Å². The number of rotatable bonds is 7. The summed E-state index contributed by atoms with van der Waals surface area (Å²) in [5.74, 6) is -0.417. The van der Waals surface area contributed by atoms with Crippen LogP contribution in [0.5, 0.6) is 0 Å². The maximum Gasteiger partial charge on any atom is 0.236 e. The second-order valence-electron chi connectivity index (χ2n) is 4.46. The Kier molecular flexibility index (Phi) is 5.83. The molecular weight excluding hydrogens is 240 g/mol. The molecule has 0 saturated heterocycles. The van der Waals surface area contributed by atoms with Gasteiger partial charge in [-0.1, -0.05) is 13.0 Å². The van der Waals surface area contributed by atoms with E-state index in [1.807, 2.05) is 18.2 Å². The normalized spacial score (nSPS) is 9.95. The van der Waals surface area contributed by atoms with Gasteiger partial charge < -0.3 is 16.0 Å². The number of carbonyl (C=O) groups excluding carboxylic acids is 1. The van der Waals surface area contributed by atoms with Crippen LogP contribution in [0.3, 0.4) is 0 Å². The fourth-order valence-corrected chi connectivity index (χ4v) is 1.84. The minimum atomic E-state index is -0.417. The van der Waals surface area contributed by atoms with E-state index in [1.165, 1.54) is 0 Å². The maximum atomic E-state index is 10.9. The van der Waals surface area contributed by atoms with E-state index in [4.69, 9.17) is 5.73 Å². The molecule has 19 heavy (non-hydrogen) atoms. The predicted octanol–water partition coefficient (Wildman–Crippen LogP) is 0.979. The molecule has 5 nitrogen and oxygen atoms in total. The lowest BCUT2D eigenvalue weighted by molar-refractivity contribution is -0.116. The van der Waals surface area contributed by atoms with Gasteiger partial charge in [-0.25, -0.2) is 0 Å². The molecule has 0 heterocycles. The number of benzene rings is 1. The zero-order valence-corrected chi connectivity index (χ0v) is 11.4. The summed E-state index contributed by atoms with van der Waals surface area (Å²) >= 11 is 0. The van der Waals surface area contributed by atoms with Gasteiger partial charge in [-0.05, 0) is 30.7 Å². The van der Waals surface area contributed by atoms with Gasteiger partial charge in [-0.2, -0.15) is 5.26 Å². The number of nitrogens with two attached hydrogens (primary N) is 1. The molecule has 1 amide bonds. The highest BCUT2D eigenvalue weighted by molar-refractivity contribution is 5.80. The van der Waals surface area contributed by atoms with Crippen LogP contribution in [0.15, 0.2) is 18.2 Å². The molecule has 1 aromatic rings. The maximum absolute atomic E-state index is 10.9. The van der Waals surface area contributed by atoms with Gasteiger partial charge in [0.15, 0.2) is 0 Å². The SMILES string of the molecule is CCCNCc1ccc(N(C)CC(N)=O)c(C#N)c1. The minimum Gasteiger partial charge on any atom is -0.368 e. The first-order chi connectivity index (χ1) is 9.08. The Hall–Kier alpha value is -2.06. The number of nitriles is 1. The molecule has 0 atom stereocenters. The molecule has 102 valence electrons. The van der Waals surface area contributed by atoms with Gasteiger partial charge in [-0.15, -0.1) is 0 Å². The van der Waals surface area contributed by atoms with E-state index in [2.05, 4.69) is 18.3 Å². The molecule has 0 spiro atoms. The third kappa shape index (κ3) is 4.60. The third-order valence-electron chi connectivity index (χ3n) is 2.74. The van der Waals surface area contributed by atoms with Crippen molar-refractivity contribution in [2.24, 2.45) is 5.73 Å². The molecule has 3 N–H and O–H groups in total. The second-order valence-corrected chi connectivity index (χ2v) is 4.46. The third-order valence-corrected chi connectivity index (χ3v) is 2.74. The van der Waals surface area contributed by atoms with Gasteiger partial charge in [0.1, 0.15) is 6.07 Å². The van der Waals surface area contributed by atoms with Gasteiger partial charge in [0.25, 0.3) is 0 Å². The van der Waals surface area contributed by atoms with E-state index < -0.39 is 5.91 Å². The Morgan fingerprint density at radius 2 is 2.26 bits per heavy atom. The number of primary amides is 1. The fraction of sp³-hybridized carbons (Fsp3) is 0.429. The van der Waals surface area contributed by atoms with Crippen LogP contribution < -0.4 is 16.0 Å². The topological polar surface area (TPSA) is 82.2 Å². The van der Waals surface area contributed by atoms with Crippen molar-refractivity contribution in [1.29, 1.82) is 5.26 Å². The number of nitrogens with zero attached hydrogens (tertiary/aromatic N) is 2. The minimum absolute atomic E-state index is 0.0993. The predicted molar refractivity (Wildman–Crippen MR) is 75.6 cm³/mol. The first kappa shape index (κ1) is 15.0. The van der Waals surface area contributed by atoms with Crippen LogP contribution in [0.25, 0.3) is 0 Å². The molecule has 0 aliphatic rings. The van der Waals surface area contributed by atoms with Crippen LogP contribution in [-0.4, -0.2) is 26.0 Å². The number of amides is 1. The largest absolute Gasteiger partial charge is 0.368 e. The van der Waals surface area contributed by atoms with Gasteiger partial charge >= 0.3 is 0 Å². The zero-order valence-electron chi connectivity index (χ0n) is 11.4. The average Bonchev–Trinajstić information content (AvgIpc) is 2.38. The van der Waals surface area contributed by atoms with Crippen molar-refractivity contribution in [1.82, 2.24) is 5.32 Å². The lowest BCUT2D eigenvalue weighted by Crippen LogP contribution is -2.31. The van der Waals surface area contributed by atoms with Gasteiger partial charge in [0.2, 0.25) is 5.91 Å². The lowest BCUT2D eigenvalue weighted by atomic mass is 10.1. The Morgan fingerprint density at radius 1 is 1.53 bits per heavy atom. The molecular formula is C14H20N4O. The Morgan fingerprint density at radius 3 is 2.84 bits per heavy atom. The monoisotopic (exact) mass is 260 g/mol. The van der Waals surface area contributed by atoms with Crippen LogP contribution in [0, 0.1) is 11.3 Å². The average molecular weight is 260 g/mol. The van der Waals surface area contributed by atoms with Crippen molar-refractivity contribution in [3.8, 4) is 6.07 Å². The number of carbonyl (C=O) groups is 1. The molecule has 5 heteroatoms. The zero-order chi connectivity index (χ0) is 14.3. The number of anilines is 1. The molecule has 0 aromatic heterocycles. The van der Waals surface area contributed by atoms with Crippen LogP contribution in [0.1, 0.15) is 24.5 Å². The van der Waals surface area contributed by atoms with Crippen molar-refractivity contribution in [3.63, 3.8) is 0 Å². The highest BCUT2D eigenvalue weighted by Gasteiger charge is 2.10. The molecule has 0 radical (unpaired) electrons. The molecule has 0 aliphatic heterocycles. The van der Waals surface area contributed by atoms with E-state index >= 15 is 0 Å². The van der Waals surface area contributed by atoms with Crippen LogP contribution in [0.2, 0.25) is 0 Å². The first-order valence-electron chi connectivity index (χ1n) is 6.31.